The van der Waals surface area contributed by atoms with E-state index in [1.54, 1.807) is 0 Å². The van der Waals surface area contributed by atoms with Crippen molar-refractivity contribution >= 4 is 91.7 Å². The first-order chi connectivity index (χ1) is 20.9. The molecule has 1 saturated heterocycles. The molecule has 0 amide bonds. The molecule has 1 aliphatic heterocycles. The van der Waals surface area contributed by atoms with Gasteiger partial charge in [0.15, 0.2) is 15.7 Å². The van der Waals surface area contributed by atoms with E-state index >= 15 is 0 Å². The van der Waals surface area contributed by atoms with E-state index < -0.39 is 29.9 Å². The molecule has 9 nitrogen and oxygen atoms in total. The minimum Gasteiger partial charge on any atom is -0.489 e. The molecule has 3 aromatic rings. The smallest absolute Gasteiger partial charge is 0.229 e. The van der Waals surface area contributed by atoms with Gasteiger partial charge in [-0.2, -0.15) is 4.98 Å². The Balaban J connectivity index is 1.72. The first kappa shape index (κ1) is 35.3. The Labute approximate surface area is 278 Å². The Morgan fingerprint density at radius 3 is 2.29 bits per heavy atom. The van der Waals surface area contributed by atoms with Crippen LogP contribution >= 0.6 is 11.6 Å². The molecule has 0 aliphatic carbocycles. The van der Waals surface area contributed by atoms with Crippen LogP contribution in [-0.4, -0.2) is 99.8 Å². The van der Waals surface area contributed by atoms with Crippen molar-refractivity contribution in [2.24, 2.45) is 0 Å². The molecule has 17 heteroatoms. The van der Waals surface area contributed by atoms with E-state index in [2.05, 4.69) is 38.9 Å². The number of hydrogen-bond acceptors (Lipinski definition) is 9. The zero-order valence-electron chi connectivity index (χ0n) is 25.3. The summed E-state index contributed by atoms with van der Waals surface area (Å²) in [5.74, 6) is 1.22. The minimum absolute atomic E-state index is 0.0316. The normalized spacial score (nSPS) is 16.2. The quantitative estimate of drug-likeness (QED) is 0.236. The maximum Gasteiger partial charge on any atom is 0.229 e. The number of hydrogen-bond donors (Lipinski definition) is 4. The fourth-order valence-electron chi connectivity index (χ4n) is 5.26. The molecule has 45 heavy (non-hydrogen) atoms. The largest absolute Gasteiger partial charge is 0.489 e. The van der Waals surface area contributed by atoms with Gasteiger partial charge in [0.05, 0.1) is 75.6 Å². The Morgan fingerprint density at radius 1 is 1.04 bits per heavy atom. The number of aliphatic hydroxyl groups is 1. The van der Waals surface area contributed by atoms with Crippen LogP contribution in [0.15, 0.2) is 47.5 Å². The predicted molar refractivity (Wildman–Crippen MR) is 184 cm³/mol. The highest BCUT2D eigenvalue weighted by Crippen LogP contribution is 2.45. The molecule has 0 spiro atoms. The molecule has 2 aromatic carbocycles. The third-order valence-electron chi connectivity index (χ3n) is 7.59. The van der Waals surface area contributed by atoms with Crippen LogP contribution in [0, 0.1) is 6.92 Å². The van der Waals surface area contributed by atoms with E-state index in [4.69, 9.17) is 63.4 Å². The van der Waals surface area contributed by atoms with Gasteiger partial charge in [0, 0.05) is 4.65 Å². The molecule has 0 bridgehead atoms. The Hall–Kier alpha value is -2.53. The van der Waals surface area contributed by atoms with Gasteiger partial charge < -0.3 is 25.8 Å². The first-order valence-corrected chi connectivity index (χ1v) is 16.1. The highest BCUT2D eigenvalue weighted by Gasteiger charge is 2.55. The van der Waals surface area contributed by atoms with Crippen molar-refractivity contribution in [1.82, 2.24) is 15.3 Å². The zero-order valence-corrected chi connectivity index (χ0v) is 26.9. The van der Waals surface area contributed by atoms with Crippen molar-refractivity contribution in [3.05, 3.63) is 58.7 Å². The van der Waals surface area contributed by atoms with Crippen LogP contribution in [0.3, 0.4) is 0 Å². The average molecular weight is 633 g/mol. The van der Waals surface area contributed by atoms with Crippen LogP contribution in [0.1, 0.15) is 43.7 Å². The Bertz CT molecular complexity index is 1630. The Kier molecular flexibility index (Phi) is 10.4. The summed E-state index contributed by atoms with van der Waals surface area (Å²) in [6.45, 7) is 7.85. The minimum atomic E-state index is -4.96. The second-order valence-corrected chi connectivity index (χ2v) is 14.0. The number of anilines is 4. The van der Waals surface area contributed by atoms with Crippen LogP contribution in [0.5, 0.6) is 5.75 Å². The number of nitrogens with zero attached hydrogens (tertiary/aromatic N) is 2. The summed E-state index contributed by atoms with van der Waals surface area (Å²) in [6.07, 6.45) is 3.31. The summed E-state index contributed by atoms with van der Waals surface area (Å²) in [5.41, 5.74) is 2.88. The fourth-order valence-corrected chi connectivity index (χ4v) is 7.31. The molecule has 1 fully saturated rings. The van der Waals surface area contributed by atoms with Gasteiger partial charge in [0.25, 0.3) is 0 Å². The number of benzene rings is 2. The molecule has 1 atom stereocenters. The van der Waals surface area contributed by atoms with Crippen molar-refractivity contribution < 1.29 is 18.3 Å². The van der Waals surface area contributed by atoms with Crippen LogP contribution in [0.2, 0.25) is 10.1 Å². The number of nitrogens with one attached hydrogen (secondary N) is 3. The monoisotopic (exact) mass is 633 g/mol. The molecular formula is C28H30B6ClN5O4S. The van der Waals surface area contributed by atoms with E-state index in [0.717, 1.165) is 31.5 Å². The number of rotatable bonds is 11. The van der Waals surface area contributed by atoms with E-state index in [-0.39, 0.29) is 28.6 Å². The number of aromatic nitrogens is 2. The zero-order chi connectivity index (χ0) is 33.4. The summed E-state index contributed by atoms with van der Waals surface area (Å²) in [5, 5.41) is 14.0. The van der Waals surface area contributed by atoms with Crippen molar-refractivity contribution in [3.8, 4) is 5.75 Å². The van der Waals surface area contributed by atoms with Gasteiger partial charge in [-0.15, -0.1) is 5.11 Å². The molecule has 1 aromatic heterocycles. The predicted octanol–water partition coefficient (Wildman–Crippen LogP) is 2.38. The van der Waals surface area contributed by atoms with Gasteiger partial charge in [-0.1, -0.05) is 23.7 Å². The van der Waals surface area contributed by atoms with Gasteiger partial charge in [-0.25, -0.2) is 13.4 Å². The second kappa shape index (κ2) is 13.3. The number of halogens is 1. The lowest BCUT2D eigenvalue weighted by molar-refractivity contribution is 0.191. The number of sulfone groups is 1. The van der Waals surface area contributed by atoms with E-state index in [1.807, 2.05) is 19.9 Å². The highest BCUT2D eigenvalue weighted by atomic mass is 35.5. The molecular weight excluding hydrogens is 603 g/mol. The van der Waals surface area contributed by atoms with Crippen LogP contribution in [-0.2, 0) is 9.84 Å². The van der Waals surface area contributed by atoms with E-state index in [9.17, 15) is 13.5 Å². The summed E-state index contributed by atoms with van der Waals surface area (Å²) < 4.78 is 30.7. The molecule has 1 unspecified atom stereocenters. The topological polar surface area (TPSA) is 125 Å². The molecule has 4 N–H and O–H groups in total. The lowest BCUT2D eigenvalue weighted by atomic mass is 9.27. The van der Waals surface area contributed by atoms with Crippen molar-refractivity contribution in [2.45, 2.75) is 65.7 Å². The summed E-state index contributed by atoms with van der Waals surface area (Å²) in [4.78, 5) is 8.29. The van der Waals surface area contributed by atoms with Gasteiger partial charge >= 0.3 is 0 Å². The molecule has 4 rings (SSSR count). The lowest BCUT2D eigenvalue weighted by Gasteiger charge is -2.52. The standard InChI is InChI=1S/C28H30B6ClN5O4S/c1-15(2)44-22-13-18(17-8-10-36-11-9-17)16(3)12-21(22)39-25-37-14-19(35)24(40-25)38-20-6-4-5-7-23(20)45(42,43)26(29,27(30,31)32)28(33,34)41/h4-7,12-15,17,36,41H,8-11H2,1-3H3,(H2,37,38,39,40). The first-order valence-electron chi connectivity index (χ1n) is 14.2. The van der Waals surface area contributed by atoms with Crippen LogP contribution in [0.25, 0.3) is 0 Å². The number of aryl methyl sites for hydroxylation is 1. The lowest BCUT2D eigenvalue weighted by Crippen LogP contribution is -2.67. The molecule has 12 radical (unpaired) electrons. The summed E-state index contributed by atoms with van der Waals surface area (Å²) in [6, 6.07) is 9.55. The van der Waals surface area contributed by atoms with Crippen molar-refractivity contribution in [2.75, 3.05) is 23.7 Å². The van der Waals surface area contributed by atoms with Crippen molar-refractivity contribution in [1.29, 1.82) is 0 Å². The third kappa shape index (κ3) is 7.24. The summed E-state index contributed by atoms with van der Waals surface area (Å²) in [7, 11) is 29.3. The highest BCUT2D eigenvalue weighted by molar-refractivity contribution is 7.94. The van der Waals surface area contributed by atoms with Gasteiger partial charge in [-0.05, 0) is 93.4 Å². The maximum absolute atomic E-state index is 13.8. The molecule has 2 heterocycles. The maximum atomic E-state index is 13.8. The molecule has 222 valence electrons. The number of para-hydroxylation sites is 1. The molecule has 0 saturated carbocycles. The molecule has 1 aliphatic rings. The van der Waals surface area contributed by atoms with E-state index in [0.29, 0.717) is 17.4 Å². The SMILES string of the molecule is [B]C([B])([B])C([B])(C([B])([B])O)S(=O)(=O)c1ccccc1Nc1nc(Nc2cc(C)c(C3CCNCC3)cc2OC(C)C)ncc1Cl. The van der Waals surface area contributed by atoms with Crippen molar-refractivity contribution in [3.63, 3.8) is 0 Å². The Morgan fingerprint density at radius 2 is 1.69 bits per heavy atom. The van der Waals surface area contributed by atoms with Crippen LogP contribution < -0.4 is 20.7 Å². The number of piperidine rings is 1. The van der Waals surface area contributed by atoms with Gasteiger partial charge in [0.2, 0.25) is 5.95 Å². The second-order valence-electron chi connectivity index (χ2n) is 11.5. The van der Waals surface area contributed by atoms with Gasteiger partial charge in [-0.3, -0.25) is 0 Å². The summed E-state index contributed by atoms with van der Waals surface area (Å²) >= 11 is 6.42. The van der Waals surface area contributed by atoms with Gasteiger partial charge in [0.1, 0.15) is 10.8 Å². The number of ether oxygens (including phenoxy) is 1. The van der Waals surface area contributed by atoms with E-state index in [1.165, 1.54) is 36.0 Å². The average Bonchev–Trinajstić information content (AvgIpc) is 2.95. The van der Waals surface area contributed by atoms with Crippen LogP contribution in [0.4, 0.5) is 23.1 Å². The fraction of sp³-hybridized carbons (Fsp3) is 0.429. The third-order valence-corrected chi connectivity index (χ3v) is 10.3.